The van der Waals surface area contributed by atoms with Crippen LogP contribution in [0, 0.1) is 5.82 Å². The summed E-state index contributed by atoms with van der Waals surface area (Å²) < 4.78 is 54.9. The van der Waals surface area contributed by atoms with E-state index in [1.165, 1.54) is 6.20 Å². The molecule has 0 bridgehead atoms. The number of hydrogen-bond acceptors (Lipinski definition) is 4. The van der Waals surface area contributed by atoms with Crippen molar-refractivity contribution in [2.45, 2.75) is 76.5 Å². The fourth-order valence-electron chi connectivity index (χ4n) is 4.48. The average Bonchev–Trinajstić information content (AvgIpc) is 2.80. The maximum Gasteiger partial charge on any atom is 0.396 e. The predicted molar refractivity (Wildman–Crippen MR) is 128 cm³/mol. The number of rotatable bonds is 9. The highest BCUT2D eigenvalue weighted by Crippen LogP contribution is 2.52. The van der Waals surface area contributed by atoms with Gasteiger partial charge in [0.15, 0.2) is 0 Å². The summed E-state index contributed by atoms with van der Waals surface area (Å²) in [7, 11) is -5.82. The van der Waals surface area contributed by atoms with Gasteiger partial charge in [-0.05, 0) is 37.8 Å². The highest BCUT2D eigenvalue weighted by atomic mass is 31.2. The molecule has 0 aliphatic heterocycles. The van der Waals surface area contributed by atoms with Crippen molar-refractivity contribution in [3.63, 3.8) is 0 Å². The monoisotopic (exact) mass is 517 g/mol. The van der Waals surface area contributed by atoms with Gasteiger partial charge < -0.3 is 25.0 Å². The van der Waals surface area contributed by atoms with E-state index in [9.17, 15) is 22.9 Å². The van der Waals surface area contributed by atoms with Crippen LogP contribution in [0.25, 0.3) is 10.9 Å². The molecule has 35 heavy (non-hydrogen) atoms. The Kier molecular flexibility index (Phi) is 8.34. The van der Waals surface area contributed by atoms with E-state index in [4.69, 9.17) is 9.79 Å². The van der Waals surface area contributed by atoms with Gasteiger partial charge in [-0.25, -0.2) is 4.39 Å². The van der Waals surface area contributed by atoms with Crippen LogP contribution in [0.5, 0.6) is 0 Å². The second-order valence-electron chi connectivity index (χ2n) is 8.97. The minimum Gasteiger partial charge on any atom is -0.380 e. The maximum absolute atomic E-state index is 15.0. The zero-order valence-electron chi connectivity index (χ0n) is 19.7. The summed E-state index contributed by atoms with van der Waals surface area (Å²) in [5.41, 5.74) is -5.22. The van der Waals surface area contributed by atoms with Gasteiger partial charge in [0, 0.05) is 23.7 Å². The zero-order chi connectivity index (χ0) is 26.0. The van der Waals surface area contributed by atoms with E-state index in [0.717, 1.165) is 38.2 Å². The lowest BCUT2D eigenvalue weighted by molar-refractivity contribution is 0.0547. The quantitative estimate of drug-likeness (QED) is 0.357. The molecule has 1 aromatic heterocycles. The van der Waals surface area contributed by atoms with Crippen LogP contribution in [-0.4, -0.2) is 38.5 Å². The van der Waals surface area contributed by atoms with Crippen LogP contribution < -0.4 is 16.1 Å². The van der Waals surface area contributed by atoms with Gasteiger partial charge in [0.25, 0.3) is 5.91 Å². The molecule has 2 aromatic rings. The van der Waals surface area contributed by atoms with Gasteiger partial charge in [-0.2, -0.15) is 8.78 Å². The second kappa shape index (κ2) is 10.7. The van der Waals surface area contributed by atoms with Gasteiger partial charge in [-0.1, -0.05) is 33.1 Å². The molecular weight excluding hydrogens is 486 g/mol. The number of carbonyl (C=O) groups excluding carboxylic acids is 1. The van der Waals surface area contributed by atoms with Gasteiger partial charge in [0.2, 0.25) is 5.43 Å². The Hall–Kier alpha value is -2.36. The highest BCUT2D eigenvalue weighted by molar-refractivity contribution is 7.53. The third-order valence-electron chi connectivity index (χ3n) is 6.55. The number of aromatic nitrogens is 1. The van der Waals surface area contributed by atoms with Gasteiger partial charge in [0.05, 0.1) is 17.7 Å². The van der Waals surface area contributed by atoms with Crippen LogP contribution in [0.1, 0.15) is 75.2 Å². The SMILES string of the molecule is CCC(CC)n1cc(C(=O)NCC(F)(F)P(=O)(O)O)c(=O)c2cc(F)c(NC3CCCCC3)cc21. The lowest BCUT2D eigenvalue weighted by Gasteiger charge is -2.26. The van der Waals surface area contributed by atoms with Crippen molar-refractivity contribution < 1.29 is 32.3 Å². The minimum absolute atomic E-state index is 0.0852. The average molecular weight is 517 g/mol. The molecule has 1 aromatic carbocycles. The van der Waals surface area contributed by atoms with Gasteiger partial charge in [-0.15, -0.1) is 0 Å². The van der Waals surface area contributed by atoms with Crippen molar-refractivity contribution in [3.8, 4) is 0 Å². The Morgan fingerprint density at radius 3 is 2.40 bits per heavy atom. The Morgan fingerprint density at radius 1 is 1.20 bits per heavy atom. The topological polar surface area (TPSA) is 121 Å². The van der Waals surface area contributed by atoms with Crippen LogP contribution in [-0.2, 0) is 4.57 Å². The molecule has 0 spiro atoms. The first-order chi connectivity index (χ1) is 16.4. The summed E-state index contributed by atoms with van der Waals surface area (Å²) in [5, 5.41) is 4.87. The fourth-order valence-corrected chi connectivity index (χ4v) is 4.76. The second-order valence-corrected chi connectivity index (χ2v) is 10.7. The van der Waals surface area contributed by atoms with Crippen molar-refractivity contribution in [1.82, 2.24) is 9.88 Å². The van der Waals surface area contributed by atoms with Crippen LogP contribution >= 0.6 is 7.60 Å². The third-order valence-corrected chi connectivity index (χ3v) is 7.56. The van der Waals surface area contributed by atoms with Gasteiger partial charge in [0.1, 0.15) is 11.4 Å². The number of halogens is 3. The number of anilines is 1. The number of pyridine rings is 1. The standard InChI is InChI=1S/C23H31F3N3O5P/c1-3-15(4-2)29-12-17(22(31)27-13-23(25,26)35(32,33)34)21(30)16-10-18(24)19(11-20(16)29)28-14-8-6-5-7-9-14/h10-12,14-15,28H,3-9,13H2,1-2H3,(H,27,31)(H2,32,33,34). The normalized spacial score (nSPS) is 15.5. The van der Waals surface area contributed by atoms with Crippen LogP contribution in [0.2, 0.25) is 0 Å². The number of amides is 1. The van der Waals surface area contributed by atoms with E-state index in [1.54, 1.807) is 16.0 Å². The molecule has 0 unspecified atom stereocenters. The molecule has 12 heteroatoms. The summed E-state index contributed by atoms with van der Waals surface area (Å²) >= 11 is 0. The Balaban J connectivity index is 2.06. The lowest BCUT2D eigenvalue weighted by atomic mass is 9.95. The number of carbonyl (C=O) groups is 1. The first-order valence-corrected chi connectivity index (χ1v) is 13.4. The molecule has 0 saturated heterocycles. The van der Waals surface area contributed by atoms with Crippen LogP contribution in [0.15, 0.2) is 23.1 Å². The van der Waals surface area contributed by atoms with Crippen molar-refractivity contribution in [2.75, 3.05) is 11.9 Å². The van der Waals surface area contributed by atoms with Crippen molar-refractivity contribution in [1.29, 1.82) is 0 Å². The van der Waals surface area contributed by atoms with Crippen molar-refractivity contribution in [3.05, 3.63) is 39.9 Å². The lowest BCUT2D eigenvalue weighted by Crippen LogP contribution is -2.38. The number of nitrogens with zero attached hydrogens (tertiary/aromatic N) is 1. The molecule has 4 N–H and O–H groups in total. The summed E-state index contributed by atoms with van der Waals surface area (Å²) in [4.78, 5) is 43.3. The third kappa shape index (κ3) is 5.90. The molecular formula is C23H31F3N3O5P. The summed E-state index contributed by atoms with van der Waals surface area (Å²) in [6, 6.07) is 2.53. The Labute approximate surface area is 201 Å². The first kappa shape index (κ1) is 27.2. The number of hydrogen-bond donors (Lipinski definition) is 4. The molecule has 1 amide bonds. The largest absolute Gasteiger partial charge is 0.396 e. The van der Waals surface area contributed by atoms with E-state index in [2.05, 4.69) is 5.32 Å². The molecule has 0 atom stereocenters. The Bertz CT molecular complexity index is 1190. The maximum atomic E-state index is 15.0. The summed E-state index contributed by atoms with van der Waals surface area (Å²) in [6.45, 7) is 2.16. The molecule has 0 radical (unpaired) electrons. The highest BCUT2D eigenvalue weighted by Gasteiger charge is 2.48. The van der Waals surface area contributed by atoms with Gasteiger partial charge in [-0.3, -0.25) is 14.2 Å². The molecule has 1 aliphatic carbocycles. The van der Waals surface area contributed by atoms with Crippen molar-refractivity contribution >= 4 is 30.1 Å². The predicted octanol–water partition coefficient (Wildman–Crippen LogP) is 4.75. The molecule has 1 heterocycles. The zero-order valence-corrected chi connectivity index (χ0v) is 20.6. The van der Waals surface area contributed by atoms with E-state index >= 15 is 4.39 Å². The first-order valence-electron chi connectivity index (χ1n) is 11.8. The fraction of sp³-hybridized carbons (Fsp3) is 0.565. The number of fused-ring (bicyclic) bond motifs is 1. The molecule has 8 nitrogen and oxygen atoms in total. The van der Waals surface area contributed by atoms with E-state index in [0.29, 0.717) is 18.4 Å². The summed E-state index contributed by atoms with van der Waals surface area (Å²) in [6.07, 6.45) is 7.54. The molecule has 194 valence electrons. The van der Waals surface area contributed by atoms with E-state index in [1.807, 2.05) is 13.8 Å². The van der Waals surface area contributed by atoms with Gasteiger partial charge >= 0.3 is 13.3 Å². The summed E-state index contributed by atoms with van der Waals surface area (Å²) in [5.74, 6) is -1.89. The minimum atomic E-state index is -5.82. The van der Waals surface area contributed by atoms with Crippen molar-refractivity contribution in [2.24, 2.45) is 0 Å². The molecule has 1 aliphatic rings. The van der Waals surface area contributed by atoms with Crippen LogP contribution in [0.4, 0.5) is 18.9 Å². The van der Waals surface area contributed by atoms with E-state index in [-0.39, 0.29) is 23.2 Å². The molecule has 1 fully saturated rings. The number of benzene rings is 1. The smallest absolute Gasteiger partial charge is 0.380 e. The molecule has 3 rings (SSSR count). The number of nitrogens with one attached hydrogen (secondary N) is 2. The number of alkyl halides is 2. The van der Waals surface area contributed by atoms with Crippen LogP contribution in [0.3, 0.4) is 0 Å². The molecule has 1 saturated carbocycles. The van der Waals surface area contributed by atoms with E-state index < -0.39 is 42.5 Å². The Morgan fingerprint density at radius 2 is 1.83 bits per heavy atom.